The fourth-order valence-electron chi connectivity index (χ4n) is 2.99. The van der Waals surface area contributed by atoms with Crippen molar-refractivity contribution >= 4 is 0 Å². The Labute approximate surface area is 109 Å². The fourth-order valence-corrected chi connectivity index (χ4v) is 2.99. The molecular weight excluding hydrogens is 222 g/mol. The minimum atomic E-state index is 0.377. The van der Waals surface area contributed by atoms with Crippen LogP contribution in [-0.4, -0.2) is 19.2 Å². The Bertz CT molecular complexity index is 452. The van der Waals surface area contributed by atoms with Gasteiger partial charge in [-0.1, -0.05) is 31.2 Å². The molecule has 2 unspecified atom stereocenters. The van der Waals surface area contributed by atoms with Crippen molar-refractivity contribution in [1.82, 2.24) is 5.32 Å². The van der Waals surface area contributed by atoms with Gasteiger partial charge in [-0.05, 0) is 36.6 Å². The molecule has 18 heavy (non-hydrogen) atoms. The molecule has 0 saturated heterocycles. The summed E-state index contributed by atoms with van der Waals surface area (Å²) in [5.74, 6) is 1.76. The summed E-state index contributed by atoms with van der Waals surface area (Å²) in [5.41, 5.74) is 3.01. The van der Waals surface area contributed by atoms with Gasteiger partial charge in [0.15, 0.2) is 0 Å². The maximum absolute atomic E-state index is 5.78. The SMILES string of the molecule is CCCNC(C1=CCCO1)C1Cc2ccccc21. The van der Waals surface area contributed by atoms with Gasteiger partial charge in [0, 0.05) is 12.3 Å². The molecule has 2 atom stereocenters. The molecule has 2 aliphatic rings. The molecule has 0 saturated carbocycles. The molecule has 0 spiro atoms. The van der Waals surface area contributed by atoms with Crippen LogP contribution in [0.5, 0.6) is 0 Å². The average molecular weight is 243 g/mol. The Morgan fingerprint density at radius 2 is 2.28 bits per heavy atom. The van der Waals surface area contributed by atoms with Crippen molar-refractivity contribution in [2.75, 3.05) is 13.2 Å². The van der Waals surface area contributed by atoms with E-state index in [2.05, 4.69) is 42.6 Å². The topological polar surface area (TPSA) is 21.3 Å². The Balaban J connectivity index is 1.78. The van der Waals surface area contributed by atoms with Crippen LogP contribution >= 0.6 is 0 Å². The standard InChI is InChI=1S/C16H21NO/c1-2-9-17-16(15-8-5-10-18-15)14-11-12-6-3-4-7-13(12)14/h3-4,6-8,14,16-17H,2,5,9-11H2,1H3. The Morgan fingerprint density at radius 1 is 1.39 bits per heavy atom. The van der Waals surface area contributed by atoms with Gasteiger partial charge in [0.05, 0.1) is 12.6 Å². The third kappa shape index (κ3) is 2.05. The molecule has 2 heteroatoms. The Hall–Kier alpha value is -1.28. The minimum absolute atomic E-state index is 0.377. The highest BCUT2D eigenvalue weighted by Gasteiger charge is 2.35. The predicted molar refractivity (Wildman–Crippen MR) is 73.6 cm³/mol. The molecule has 1 aromatic carbocycles. The van der Waals surface area contributed by atoms with Crippen LogP contribution in [0.25, 0.3) is 0 Å². The molecule has 1 aromatic rings. The lowest BCUT2D eigenvalue weighted by Gasteiger charge is -2.37. The molecule has 0 aromatic heterocycles. The quantitative estimate of drug-likeness (QED) is 0.858. The van der Waals surface area contributed by atoms with Crippen LogP contribution in [0.3, 0.4) is 0 Å². The number of benzene rings is 1. The molecule has 1 N–H and O–H groups in total. The Kier molecular flexibility index (Phi) is 3.37. The van der Waals surface area contributed by atoms with Crippen LogP contribution in [0.4, 0.5) is 0 Å². The first-order chi connectivity index (χ1) is 8.90. The van der Waals surface area contributed by atoms with Gasteiger partial charge in [-0.2, -0.15) is 0 Å². The van der Waals surface area contributed by atoms with Crippen LogP contribution in [0.2, 0.25) is 0 Å². The number of fused-ring (bicyclic) bond motifs is 1. The zero-order valence-corrected chi connectivity index (χ0v) is 11.0. The maximum Gasteiger partial charge on any atom is 0.110 e. The van der Waals surface area contributed by atoms with E-state index in [1.165, 1.54) is 23.3 Å². The number of rotatable bonds is 5. The Morgan fingerprint density at radius 3 is 3.00 bits per heavy atom. The van der Waals surface area contributed by atoms with Gasteiger partial charge in [-0.25, -0.2) is 0 Å². The van der Waals surface area contributed by atoms with E-state index in [-0.39, 0.29) is 0 Å². The minimum Gasteiger partial charge on any atom is -0.496 e. The van der Waals surface area contributed by atoms with Crippen molar-refractivity contribution in [3.63, 3.8) is 0 Å². The highest BCUT2D eigenvalue weighted by Crippen LogP contribution is 2.40. The summed E-state index contributed by atoms with van der Waals surface area (Å²) in [6.07, 6.45) is 5.67. The summed E-state index contributed by atoms with van der Waals surface area (Å²) in [5, 5.41) is 3.66. The van der Waals surface area contributed by atoms with E-state index in [1.54, 1.807) is 0 Å². The van der Waals surface area contributed by atoms with Crippen molar-refractivity contribution in [3.8, 4) is 0 Å². The number of ether oxygens (including phenoxy) is 1. The van der Waals surface area contributed by atoms with Crippen molar-refractivity contribution in [2.24, 2.45) is 0 Å². The van der Waals surface area contributed by atoms with Gasteiger partial charge < -0.3 is 10.1 Å². The largest absolute Gasteiger partial charge is 0.496 e. The third-order valence-corrected chi connectivity index (χ3v) is 3.95. The monoisotopic (exact) mass is 243 g/mol. The highest BCUT2D eigenvalue weighted by atomic mass is 16.5. The molecule has 0 bridgehead atoms. The summed E-state index contributed by atoms with van der Waals surface area (Å²) in [4.78, 5) is 0. The van der Waals surface area contributed by atoms with Crippen LogP contribution < -0.4 is 5.32 Å². The normalized spacial score (nSPS) is 22.7. The lowest BCUT2D eigenvalue weighted by Crippen LogP contribution is -2.42. The molecule has 1 heterocycles. The number of hydrogen-bond donors (Lipinski definition) is 1. The van der Waals surface area contributed by atoms with Crippen molar-refractivity contribution in [3.05, 3.63) is 47.2 Å². The van der Waals surface area contributed by atoms with E-state index in [4.69, 9.17) is 4.74 Å². The van der Waals surface area contributed by atoms with E-state index in [1.807, 2.05) is 0 Å². The molecule has 2 nitrogen and oxygen atoms in total. The van der Waals surface area contributed by atoms with E-state index in [9.17, 15) is 0 Å². The lowest BCUT2D eigenvalue weighted by molar-refractivity contribution is 0.201. The second kappa shape index (κ2) is 5.15. The summed E-state index contributed by atoms with van der Waals surface area (Å²) in [6.45, 7) is 4.13. The molecular formula is C16H21NO. The first-order valence-corrected chi connectivity index (χ1v) is 7.04. The zero-order chi connectivity index (χ0) is 12.4. The molecule has 0 amide bonds. The van der Waals surface area contributed by atoms with Crippen LogP contribution in [0, 0.1) is 0 Å². The van der Waals surface area contributed by atoms with Gasteiger partial charge in [0.2, 0.25) is 0 Å². The molecule has 1 aliphatic heterocycles. The van der Waals surface area contributed by atoms with Crippen LogP contribution in [0.15, 0.2) is 36.1 Å². The molecule has 1 aliphatic carbocycles. The van der Waals surface area contributed by atoms with Gasteiger partial charge in [-0.15, -0.1) is 0 Å². The molecule has 0 fully saturated rings. The summed E-state index contributed by atoms with van der Waals surface area (Å²) < 4.78 is 5.78. The zero-order valence-electron chi connectivity index (χ0n) is 11.0. The van der Waals surface area contributed by atoms with Crippen molar-refractivity contribution in [2.45, 2.75) is 38.1 Å². The predicted octanol–water partition coefficient (Wildman–Crippen LogP) is 3.00. The van der Waals surface area contributed by atoms with E-state index in [0.29, 0.717) is 12.0 Å². The third-order valence-electron chi connectivity index (χ3n) is 3.95. The highest BCUT2D eigenvalue weighted by molar-refractivity contribution is 5.43. The first kappa shape index (κ1) is 11.8. The van der Waals surface area contributed by atoms with Crippen molar-refractivity contribution in [1.29, 1.82) is 0 Å². The molecule has 0 radical (unpaired) electrons. The van der Waals surface area contributed by atoms with E-state index in [0.717, 1.165) is 26.0 Å². The molecule has 96 valence electrons. The fraction of sp³-hybridized carbons (Fsp3) is 0.500. The van der Waals surface area contributed by atoms with Gasteiger partial charge in [-0.3, -0.25) is 0 Å². The van der Waals surface area contributed by atoms with Gasteiger partial charge in [0.25, 0.3) is 0 Å². The maximum atomic E-state index is 5.78. The van der Waals surface area contributed by atoms with Gasteiger partial charge in [0.1, 0.15) is 5.76 Å². The summed E-state index contributed by atoms with van der Waals surface area (Å²) in [7, 11) is 0. The lowest BCUT2D eigenvalue weighted by atomic mass is 9.73. The smallest absolute Gasteiger partial charge is 0.110 e. The van der Waals surface area contributed by atoms with Crippen molar-refractivity contribution < 1.29 is 4.74 Å². The summed E-state index contributed by atoms with van der Waals surface area (Å²) >= 11 is 0. The van der Waals surface area contributed by atoms with Crippen LogP contribution in [-0.2, 0) is 11.2 Å². The average Bonchev–Trinajstić information content (AvgIpc) is 2.88. The van der Waals surface area contributed by atoms with E-state index < -0.39 is 0 Å². The second-order valence-corrected chi connectivity index (χ2v) is 5.18. The second-order valence-electron chi connectivity index (χ2n) is 5.18. The number of nitrogens with one attached hydrogen (secondary N) is 1. The summed E-state index contributed by atoms with van der Waals surface area (Å²) in [6, 6.07) is 9.16. The molecule has 3 rings (SSSR count). The van der Waals surface area contributed by atoms with Gasteiger partial charge >= 0.3 is 0 Å². The first-order valence-electron chi connectivity index (χ1n) is 7.04. The van der Waals surface area contributed by atoms with Crippen LogP contribution in [0.1, 0.15) is 36.8 Å². The van der Waals surface area contributed by atoms with E-state index >= 15 is 0 Å². The number of hydrogen-bond acceptors (Lipinski definition) is 2.